The Kier molecular flexibility index (Phi) is 3.15. The quantitative estimate of drug-likeness (QED) is 0.857. The van der Waals surface area contributed by atoms with Crippen molar-refractivity contribution in [2.75, 3.05) is 0 Å². The van der Waals surface area contributed by atoms with Crippen molar-refractivity contribution < 1.29 is 8.83 Å². The summed E-state index contributed by atoms with van der Waals surface area (Å²) in [5.74, 6) is 1.95. The predicted octanol–water partition coefficient (Wildman–Crippen LogP) is 3.34. The van der Waals surface area contributed by atoms with E-state index in [9.17, 15) is 0 Å². The van der Waals surface area contributed by atoms with Crippen LogP contribution in [0.15, 0.2) is 33.5 Å². The number of furan rings is 2. The van der Waals surface area contributed by atoms with Gasteiger partial charge in [0.2, 0.25) is 0 Å². The zero-order valence-corrected chi connectivity index (χ0v) is 9.91. The fourth-order valence-corrected chi connectivity index (χ4v) is 1.76. The molecule has 0 aliphatic carbocycles. The minimum absolute atomic E-state index is 0.286. The van der Waals surface area contributed by atoms with E-state index in [1.165, 1.54) is 5.56 Å². The van der Waals surface area contributed by atoms with Crippen LogP contribution in [0.25, 0.3) is 0 Å². The first-order valence-corrected chi connectivity index (χ1v) is 5.48. The van der Waals surface area contributed by atoms with Crippen LogP contribution in [-0.2, 0) is 6.54 Å². The summed E-state index contributed by atoms with van der Waals surface area (Å²) in [6.07, 6.45) is 3.46. The van der Waals surface area contributed by atoms with Gasteiger partial charge < -0.3 is 14.2 Å². The Balaban J connectivity index is 1.95. The third-order valence-corrected chi connectivity index (χ3v) is 2.79. The minimum Gasteiger partial charge on any atom is -0.472 e. The van der Waals surface area contributed by atoms with Crippen LogP contribution >= 0.6 is 0 Å². The fraction of sp³-hybridized carbons (Fsp3) is 0.385. The smallest absolute Gasteiger partial charge is 0.105 e. The molecule has 3 nitrogen and oxygen atoms in total. The summed E-state index contributed by atoms with van der Waals surface area (Å²) >= 11 is 0. The second-order valence-corrected chi connectivity index (χ2v) is 4.10. The molecule has 0 bridgehead atoms. The molecule has 3 heteroatoms. The van der Waals surface area contributed by atoms with Gasteiger partial charge in [0.05, 0.1) is 12.5 Å². The van der Waals surface area contributed by atoms with Crippen LogP contribution in [0.5, 0.6) is 0 Å². The first-order valence-electron chi connectivity index (χ1n) is 5.48. The maximum Gasteiger partial charge on any atom is 0.105 e. The van der Waals surface area contributed by atoms with E-state index in [0.29, 0.717) is 0 Å². The highest BCUT2D eigenvalue weighted by molar-refractivity contribution is 5.20. The van der Waals surface area contributed by atoms with E-state index in [2.05, 4.69) is 18.3 Å². The molecule has 0 spiro atoms. The summed E-state index contributed by atoms with van der Waals surface area (Å²) in [4.78, 5) is 0. The molecule has 0 aromatic carbocycles. The van der Waals surface area contributed by atoms with Crippen LogP contribution in [0.2, 0.25) is 0 Å². The van der Waals surface area contributed by atoms with Gasteiger partial charge in [-0.25, -0.2) is 0 Å². The van der Waals surface area contributed by atoms with E-state index >= 15 is 0 Å². The van der Waals surface area contributed by atoms with Crippen LogP contribution in [-0.4, -0.2) is 0 Å². The Bertz CT molecular complexity index is 442. The Morgan fingerprint density at radius 1 is 1.38 bits per heavy atom. The predicted molar refractivity (Wildman–Crippen MR) is 62.1 cm³/mol. The summed E-state index contributed by atoms with van der Waals surface area (Å²) in [6.45, 7) is 6.89. The van der Waals surface area contributed by atoms with Gasteiger partial charge in [-0.15, -0.1) is 0 Å². The molecule has 2 rings (SSSR count). The molecule has 2 aromatic heterocycles. The standard InChI is InChI=1S/C13H17NO2/c1-9-6-13(11(3)16-9)7-14-10(2)12-4-5-15-8-12/h4-6,8,10,14H,7H2,1-3H3. The molecule has 1 unspecified atom stereocenters. The maximum atomic E-state index is 5.48. The molecule has 0 saturated heterocycles. The Hall–Kier alpha value is -1.48. The van der Waals surface area contributed by atoms with Crippen LogP contribution in [0.4, 0.5) is 0 Å². The molecule has 1 atom stereocenters. The highest BCUT2D eigenvalue weighted by atomic mass is 16.3. The van der Waals surface area contributed by atoms with Gasteiger partial charge in [-0.05, 0) is 32.9 Å². The van der Waals surface area contributed by atoms with Crippen LogP contribution in [0, 0.1) is 13.8 Å². The second-order valence-electron chi connectivity index (χ2n) is 4.10. The van der Waals surface area contributed by atoms with Crippen molar-refractivity contribution in [1.82, 2.24) is 5.32 Å². The van der Waals surface area contributed by atoms with Crippen molar-refractivity contribution in [2.45, 2.75) is 33.4 Å². The van der Waals surface area contributed by atoms with Crippen LogP contribution < -0.4 is 5.32 Å². The lowest BCUT2D eigenvalue weighted by atomic mass is 10.1. The molecule has 2 aromatic rings. The molecule has 0 saturated carbocycles. The van der Waals surface area contributed by atoms with E-state index in [0.717, 1.165) is 23.6 Å². The molecular formula is C13H17NO2. The molecule has 1 N–H and O–H groups in total. The summed E-state index contributed by atoms with van der Waals surface area (Å²) in [7, 11) is 0. The number of aryl methyl sites for hydroxylation is 2. The highest BCUT2D eigenvalue weighted by Gasteiger charge is 2.08. The van der Waals surface area contributed by atoms with Crippen molar-refractivity contribution in [3.05, 3.63) is 47.3 Å². The lowest BCUT2D eigenvalue weighted by molar-refractivity contribution is 0.494. The van der Waals surface area contributed by atoms with Crippen molar-refractivity contribution in [3.8, 4) is 0 Å². The van der Waals surface area contributed by atoms with Crippen molar-refractivity contribution in [3.63, 3.8) is 0 Å². The van der Waals surface area contributed by atoms with Gasteiger partial charge in [-0.2, -0.15) is 0 Å². The largest absolute Gasteiger partial charge is 0.472 e. The summed E-state index contributed by atoms with van der Waals surface area (Å²) in [5.41, 5.74) is 2.38. The average Bonchev–Trinajstić information content (AvgIpc) is 2.84. The monoisotopic (exact) mass is 219 g/mol. The van der Waals surface area contributed by atoms with Gasteiger partial charge in [0.1, 0.15) is 11.5 Å². The zero-order chi connectivity index (χ0) is 11.5. The molecule has 16 heavy (non-hydrogen) atoms. The van der Waals surface area contributed by atoms with Crippen molar-refractivity contribution in [2.24, 2.45) is 0 Å². The Morgan fingerprint density at radius 3 is 2.75 bits per heavy atom. The SMILES string of the molecule is Cc1cc(CNC(C)c2ccoc2)c(C)o1. The van der Waals surface area contributed by atoms with Crippen LogP contribution in [0.3, 0.4) is 0 Å². The van der Waals surface area contributed by atoms with Gasteiger partial charge in [0.15, 0.2) is 0 Å². The lowest BCUT2D eigenvalue weighted by Crippen LogP contribution is -2.17. The van der Waals surface area contributed by atoms with Gasteiger partial charge in [0, 0.05) is 23.7 Å². The first kappa shape index (κ1) is 11.0. The average molecular weight is 219 g/mol. The number of rotatable bonds is 4. The van der Waals surface area contributed by atoms with Crippen molar-refractivity contribution in [1.29, 1.82) is 0 Å². The number of hydrogen-bond acceptors (Lipinski definition) is 3. The molecular weight excluding hydrogens is 202 g/mol. The summed E-state index contributed by atoms with van der Waals surface area (Å²) in [5, 5.41) is 3.44. The van der Waals surface area contributed by atoms with E-state index < -0.39 is 0 Å². The molecule has 0 radical (unpaired) electrons. The third kappa shape index (κ3) is 2.36. The van der Waals surface area contributed by atoms with E-state index in [1.54, 1.807) is 12.5 Å². The van der Waals surface area contributed by atoms with Gasteiger partial charge in [-0.3, -0.25) is 0 Å². The third-order valence-electron chi connectivity index (χ3n) is 2.79. The minimum atomic E-state index is 0.286. The van der Waals surface area contributed by atoms with Crippen LogP contribution in [0.1, 0.15) is 35.6 Å². The molecule has 0 fully saturated rings. The Labute approximate surface area is 95.5 Å². The fourth-order valence-electron chi connectivity index (χ4n) is 1.76. The maximum absolute atomic E-state index is 5.48. The van der Waals surface area contributed by atoms with E-state index in [-0.39, 0.29) is 6.04 Å². The molecule has 86 valence electrons. The lowest BCUT2D eigenvalue weighted by Gasteiger charge is -2.10. The van der Waals surface area contributed by atoms with Crippen molar-refractivity contribution >= 4 is 0 Å². The van der Waals surface area contributed by atoms with Gasteiger partial charge in [-0.1, -0.05) is 0 Å². The van der Waals surface area contributed by atoms with Gasteiger partial charge >= 0.3 is 0 Å². The number of hydrogen-bond donors (Lipinski definition) is 1. The molecule has 0 amide bonds. The summed E-state index contributed by atoms with van der Waals surface area (Å²) in [6, 6.07) is 4.34. The molecule has 0 aliphatic rings. The molecule has 2 heterocycles. The zero-order valence-electron chi connectivity index (χ0n) is 9.91. The van der Waals surface area contributed by atoms with E-state index in [4.69, 9.17) is 8.83 Å². The summed E-state index contributed by atoms with van der Waals surface area (Å²) < 4.78 is 10.5. The molecule has 0 aliphatic heterocycles. The van der Waals surface area contributed by atoms with E-state index in [1.807, 2.05) is 19.9 Å². The highest BCUT2D eigenvalue weighted by Crippen LogP contribution is 2.16. The first-order chi connectivity index (χ1) is 7.66. The normalized spacial score (nSPS) is 12.9. The van der Waals surface area contributed by atoms with Gasteiger partial charge in [0.25, 0.3) is 0 Å². The number of nitrogens with one attached hydrogen (secondary N) is 1. The topological polar surface area (TPSA) is 38.3 Å². The second kappa shape index (κ2) is 4.58. The Morgan fingerprint density at radius 2 is 2.19 bits per heavy atom.